The molecule has 0 radical (unpaired) electrons. The molecule has 3 heterocycles. The zero-order chi connectivity index (χ0) is 27.6. The van der Waals surface area contributed by atoms with Gasteiger partial charge in [-0.25, -0.2) is 4.79 Å². The molecule has 3 rings (SSSR count). The van der Waals surface area contributed by atoms with E-state index in [1.807, 2.05) is 0 Å². The highest BCUT2D eigenvalue weighted by molar-refractivity contribution is 5.57. The van der Waals surface area contributed by atoms with Gasteiger partial charge in [0.2, 0.25) is 0 Å². The van der Waals surface area contributed by atoms with Gasteiger partial charge < -0.3 is 86.5 Å². The SMILES string of the molecule is N[C@H]1[C@H](OC2[C@@H](CO)O[C@@H](OC3[C@@H](CO)O[C@@H](O)[C@H](N)[C@H]3OC(=O)O)[C@H](N)[C@H]2O)O[C@H](CO)[C@@H](O)[C@@H]1O. The van der Waals surface area contributed by atoms with E-state index in [4.69, 9.17) is 50.7 Å². The summed E-state index contributed by atoms with van der Waals surface area (Å²) in [6.45, 7) is -2.20. The Bertz CT molecular complexity index is 750. The molecule has 0 aliphatic carbocycles. The van der Waals surface area contributed by atoms with Crippen LogP contribution in [0.3, 0.4) is 0 Å². The lowest BCUT2D eigenvalue weighted by molar-refractivity contribution is -0.348. The highest BCUT2D eigenvalue weighted by Gasteiger charge is 2.53. The van der Waals surface area contributed by atoms with Gasteiger partial charge in [-0.1, -0.05) is 0 Å². The number of aliphatic hydroxyl groups is 7. The van der Waals surface area contributed by atoms with Crippen molar-refractivity contribution in [2.24, 2.45) is 17.2 Å². The minimum Gasteiger partial charge on any atom is -0.450 e. The molecule has 3 fully saturated rings. The number of hydrogen-bond donors (Lipinski definition) is 11. The predicted octanol–water partition coefficient (Wildman–Crippen LogP) is -6.97. The Labute approximate surface area is 210 Å². The number of aliphatic hydroxyl groups excluding tert-OH is 7. The molecule has 0 amide bonds. The molecule has 0 aromatic heterocycles. The van der Waals surface area contributed by atoms with Crippen LogP contribution in [0.15, 0.2) is 0 Å². The molecule has 0 saturated carbocycles. The first-order chi connectivity index (χ1) is 17.4. The summed E-state index contributed by atoms with van der Waals surface area (Å²) in [6.07, 6.45) is -19.6. The van der Waals surface area contributed by atoms with Gasteiger partial charge in [-0.15, -0.1) is 0 Å². The topological polar surface area (TPSA) is 312 Å². The second-order valence-corrected chi connectivity index (χ2v) is 8.95. The Morgan fingerprint density at radius 3 is 1.68 bits per heavy atom. The summed E-state index contributed by atoms with van der Waals surface area (Å²) in [5.41, 5.74) is 17.7. The summed E-state index contributed by atoms with van der Waals surface area (Å²) < 4.78 is 32.3. The zero-order valence-electron chi connectivity index (χ0n) is 19.4. The van der Waals surface area contributed by atoms with Crippen LogP contribution >= 0.6 is 0 Å². The number of nitrogens with two attached hydrogens (primary N) is 3. The standard InChI is InChI=1S/C19H35N3O15/c20-7-11(27)10(26)4(1-23)33-17(7)35-13-5(2-24)34-18(8(21)12(13)28)36-14-6(3-25)32-16(29)9(22)15(14)37-19(30)31/h4-18,23-29H,1-3,20-22H2,(H,30,31)/t4-,5-,6-,7-,8-,9-,10-,11-,12-,13?,14?,15-,16-,17+,18+/m1/s1. The third-order valence-electron chi connectivity index (χ3n) is 6.54. The quantitative estimate of drug-likeness (QED) is 0.126. The van der Waals surface area contributed by atoms with E-state index in [9.17, 15) is 40.5 Å². The average molecular weight is 545 g/mol. The highest BCUT2D eigenvalue weighted by Crippen LogP contribution is 2.31. The number of carbonyl (C=O) groups is 1. The van der Waals surface area contributed by atoms with Gasteiger partial charge in [-0.3, -0.25) is 0 Å². The van der Waals surface area contributed by atoms with Crippen molar-refractivity contribution in [2.75, 3.05) is 19.8 Å². The Kier molecular flexibility index (Phi) is 10.4. The molecule has 3 aliphatic rings. The van der Waals surface area contributed by atoms with Crippen LogP contribution in [0.2, 0.25) is 0 Å². The van der Waals surface area contributed by atoms with Crippen LogP contribution in [0.1, 0.15) is 0 Å². The first kappa shape index (κ1) is 30.2. The summed E-state index contributed by atoms with van der Waals surface area (Å²) in [6, 6.07) is -4.17. The summed E-state index contributed by atoms with van der Waals surface area (Å²) in [5, 5.41) is 78.9. The van der Waals surface area contributed by atoms with E-state index in [1.165, 1.54) is 0 Å². The molecule has 37 heavy (non-hydrogen) atoms. The van der Waals surface area contributed by atoms with Crippen molar-refractivity contribution in [3.8, 4) is 0 Å². The summed E-state index contributed by atoms with van der Waals surface area (Å²) >= 11 is 0. The van der Waals surface area contributed by atoms with Crippen LogP contribution in [0.5, 0.6) is 0 Å². The summed E-state index contributed by atoms with van der Waals surface area (Å²) in [5.74, 6) is 0. The van der Waals surface area contributed by atoms with Crippen LogP contribution in [0.25, 0.3) is 0 Å². The Hall–Kier alpha value is -1.33. The van der Waals surface area contributed by atoms with Crippen LogP contribution in [0, 0.1) is 0 Å². The first-order valence-electron chi connectivity index (χ1n) is 11.4. The molecule has 15 atom stereocenters. The summed E-state index contributed by atoms with van der Waals surface area (Å²) in [4.78, 5) is 11.2. The fourth-order valence-electron chi connectivity index (χ4n) is 4.43. The fourth-order valence-corrected chi connectivity index (χ4v) is 4.43. The maximum absolute atomic E-state index is 11.2. The first-order valence-corrected chi connectivity index (χ1v) is 11.4. The zero-order valence-corrected chi connectivity index (χ0v) is 19.4. The normalized spacial score (nSPS) is 49.0. The van der Waals surface area contributed by atoms with E-state index in [1.54, 1.807) is 0 Å². The third-order valence-corrected chi connectivity index (χ3v) is 6.54. The van der Waals surface area contributed by atoms with Crippen molar-refractivity contribution >= 4 is 6.16 Å². The maximum Gasteiger partial charge on any atom is 0.506 e. The van der Waals surface area contributed by atoms with Crippen molar-refractivity contribution < 1.29 is 74.1 Å². The van der Waals surface area contributed by atoms with Crippen molar-refractivity contribution in [1.29, 1.82) is 0 Å². The number of ether oxygens (including phenoxy) is 6. The van der Waals surface area contributed by atoms with Gasteiger partial charge in [0.05, 0.1) is 37.9 Å². The monoisotopic (exact) mass is 545 g/mol. The Morgan fingerprint density at radius 2 is 1.14 bits per heavy atom. The molecular formula is C19H35N3O15. The Balaban J connectivity index is 1.77. The van der Waals surface area contributed by atoms with E-state index in [2.05, 4.69) is 0 Å². The van der Waals surface area contributed by atoms with E-state index < -0.39 is 118 Å². The molecule has 2 unspecified atom stereocenters. The van der Waals surface area contributed by atoms with Crippen LogP contribution in [-0.4, -0.2) is 159 Å². The van der Waals surface area contributed by atoms with Crippen LogP contribution < -0.4 is 17.2 Å². The lowest BCUT2D eigenvalue weighted by Gasteiger charge is -2.48. The highest BCUT2D eigenvalue weighted by atomic mass is 16.7. The van der Waals surface area contributed by atoms with E-state index in [0.29, 0.717) is 0 Å². The molecule has 216 valence electrons. The molecule has 0 spiro atoms. The molecule has 3 saturated heterocycles. The molecule has 0 aromatic carbocycles. The summed E-state index contributed by atoms with van der Waals surface area (Å²) in [7, 11) is 0. The van der Waals surface area contributed by atoms with Crippen LogP contribution in [0.4, 0.5) is 4.79 Å². The fraction of sp³-hybridized carbons (Fsp3) is 0.947. The molecule has 18 heteroatoms. The Morgan fingerprint density at radius 1 is 0.649 bits per heavy atom. The number of rotatable bonds is 8. The molecule has 3 aliphatic heterocycles. The van der Waals surface area contributed by atoms with E-state index in [0.717, 1.165) is 0 Å². The molecule has 0 bridgehead atoms. The van der Waals surface area contributed by atoms with Crippen molar-refractivity contribution in [3.05, 3.63) is 0 Å². The minimum absolute atomic E-state index is 0.681. The van der Waals surface area contributed by atoms with Gasteiger partial charge >= 0.3 is 6.16 Å². The molecule has 14 N–H and O–H groups in total. The largest absolute Gasteiger partial charge is 0.506 e. The molecule has 18 nitrogen and oxygen atoms in total. The van der Waals surface area contributed by atoms with Gasteiger partial charge in [0.25, 0.3) is 0 Å². The number of carboxylic acid groups (broad SMARTS) is 1. The predicted molar refractivity (Wildman–Crippen MR) is 114 cm³/mol. The van der Waals surface area contributed by atoms with Gasteiger partial charge in [0.15, 0.2) is 25.0 Å². The van der Waals surface area contributed by atoms with Gasteiger partial charge in [0, 0.05) is 0 Å². The van der Waals surface area contributed by atoms with Crippen molar-refractivity contribution in [3.63, 3.8) is 0 Å². The van der Waals surface area contributed by atoms with E-state index >= 15 is 0 Å². The third kappa shape index (κ3) is 6.30. The van der Waals surface area contributed by atoms with Crippen molar-refractivity contribution in [2.45, 2.75) is 91.9 Å². The molecule has 0 aromatic rings. The van der Waals surface area contributed by atoms with Gasteiger partial charge in [-0.2, -0.15) is 0 Å². The average Bonchev–Trinajstić information content (AvgIpc) is 2.87. The molecular weight excluding hydrogens is 510 g/mol. The number of hydrogen-bond acceptors (Lipinski definition) is 17. The second-order valence-electron chi connectivity index (χ2n) is 8.95. The smallest absolute Gasteiger partial charge is 0.450 e. The minimum atomic E-state index is -1.76. The van der Waals surface area contributed by atoms with E-state index in [-0.39, 0.29) is 0 Å². The van der Waals surface area contributed by atoms with Gasteiger partial charge in [0.1, 0.15) is 48.8 Å². The van der Waals surface area contributed by atoms with Crippen LogP contribution in [-0.2, 0) is 28.4 Å². The maximum atomic E-state index is 11.2. The lowest BCUT2D eigenvalue weighted by Crippen LogP contribution is -2.69. The van der Waals surface area contributed by atoms with Gasteiger partial charge in [-0.05, 0) is 0 Å². The second kappa shape index (κ2) is 12.7. The van der Waals surface area contributed by atoms with Crippen molar-refractivity contribution in [1.82, 2.24) is 0 Å². The lowest BCUT2D eigenvalue weighted by atomic mass is 9.94.